The van der Waals surface area contributed by atoms with E-state index in [9.17, 15) is 19.2 Å². The van der Waals surface area contributed by atoms with Crippen LogP contribution in [0.2, 0.25) is 0 Å². The topological polar surface area (TPSA) is 118 Å². The standard InChI is InChI=1S/C32H38N4O5/c1-5-6-15-26(28(37)29(38)34-21(2)22-12-8-7-9-13-22)35-31(40)41-27-18-32(3,4)20-36(27)30(39)24-17-23-14-10-11-16-25(23)33-19-24/h7-14,16-17,19,21,26-27H,5-6,15,18,20H2,1-4H3,(H,34,38)(H,35,40)/t21?,26-,27?/m1/s1. The molecule has 216 valence electrons. The van der Waals surface area contributed by atoms with Gasteiger partial charge in [-0.25, -0.2) is 4.79 Å². The van der Waals surface area contributed by atoms with E-state index in [0.717, 1.165) is 22.9 Å². The number of Topliss-reactive ketones (excluding diaryl/α,β-unsaturated/α-hetero) is 1. The highest BCUT2D eigenvalue weighted by Crippen LogP contribution is 2.35. The number of ketones is 1. The number of benzene rings is 2. The van der Waals surface area contributed by atoms with Gasteiger partial charge >= 0.3 is 6.09 Å². The normalized spacial score (nSPS) is 17.5. The number of rotatable bonds is 10. The van der Waals surface area contributed by atoms with Gasteiger partial charge in [0.05, 0.1) is 17.1 Å². The largest absolute Gasteiger partial charge is 0.425 e. The minimum atomic E-state index is -1.05. The van der Waals surface area contributed by atoms with Gasteiger partial charge in [-0.15, -0.1) is 0 Å². The Kier molecular flexibility index (Phi) is 9.37. The van der Waals surface area contributed by atoms with Crippen molar-refractivity contribution >= 4 is 34.6 Å². The van der Waals surface area contributed by atoms with Crippen LogP contribution in [0.15, 0.2) is 66.9 Å². The monoisotopic (exact) mass is 558 g/mol. The van der Waals surface area contributed by atoms with Crippen LogP contribution >= 0.6 is 0 Å². The summed E-state index contributed by atoms with van der Waals surface area (Å²) in [5.41, 5.74) is 1.75. The number of hydrogen-bond acceptors (Lipinski definition) is 6. The fourth-order valence-electron chi connectivity index (χ4n) is 5.10. The smallest absolute Gasteiger partial charge is 0.409 e. The van der Waals surface area contributed by atoms with E-state index >= 15 is 0 Å². The Morgan fingerprint density at radius 1 is 1.05 bits per heavy atom. The maximum atomic E-state index is 13.5. The summed E-state index contributed by atoms with van der Waals surface area (Å²) in [5, 5.41) is 6.16. The average Bonchev–Trinajstić information content (AvgIpc) is 3.27. The number of ether oxygens (including phenoxy) is 1. The van der Waals surface area contributed by atoms with Gasteiger partial charge in [-0.2, -0.15) is 0 Å². The lowest BCUT2D eigenvalue weighted by Gasteiger charge is -2.26. The van der Waals surface area contributed by atoms with E-state index in [0.29, 0.717) is 31.4 Å². The van der Waals surface area contributed by atoms with Gasteiger partial charge in [0.25, 0.3) is 11.8 Å². The van der Waals surface area contributed by atoms with E-state index in [1.165, 1.54) is 11.1 Å². The Balaban J connectivity index is 1.44. The van der Waals surface area contributed by atoms with Crippen LogP contribution < -0.4 is 10.6 Å². The lowest BCUT2D eigenvalue weighted by Crippen LogP contribution is -2.49. The zero-order chi connectivity index (χ0) is 29.6. The fourth-order valence-corrected chi connectivity index (χ4v) is 5.10. The number of carbonyl (C=O) groups excluding carboxylic acids is 4. The Labute approximate surface area is 240 Å². The number of carbonyl (C=O) groups is 4. The molecule has 3 atom stereocenters. The first kappa shape index (κ1) is 29.7. The van der Waals surface area contributed by atoms with Gasteiger partial charge in [-0.3, -0.25) is 19.4 Å². The molecule has 2 heterocycles. The summed E-state index contributed by atoms with van der Waals surface area (Å²) in [4.78, 5) is 58.4. The number of hydrogen-bond donors (Lipinski definition) is 2. The SMILES string of the molecule is CCCC[C@@H](NC(=O)OC1CC(C)(C)CN1C(=O)c1cnc2ccccc2c1)C(=O)C(=O)NC(C)c1ccccc1. The number of fused-ring (bicyclic) bond motifs is 1. The molecule has 4 rings (SSSR count). The van der Waals surface area contributed by atoms with Crippen LogP contribution in [-0.2, 0) is 14.3 Å². The molecular weight excluding hydrogens is 520 g/mol. The Hall–Kier alpha value is -4.27. The Morgan fingerprint density at radius 3 is 2.49 bits per heavy atom. The minimum absolute atomic E-state index is 0.291. The van der Waals surface area contributed by atoms with Crippen LogP contribution in [0, 0.1) is 5.41 Å². The van der Waals surface area contributed by atoms with Gasteiger partial charge in [-0.05, 0) is 36.5 Å². The van der Waals surface area contributed by atoms with E-state index in [2.05, 4.69) is 15.6 Å². The maximum absolute atomic E-state index is 13.5. The quantitative estimate of drug-likeness (QED) is 0.332. The van der Waals surface area contributed by atoms with Crippen LogP contribution in [0.25, 0.3) is 10.9 Å². The van der Waals surface area contributed by atoms with E-state index in [-0.39, 0.29) is 17.4 Å². The van der Waals surface area contributed by atoms with Crippen molar-refractivity contribution < 1.29 is 23.9 Å². The molecule has 1 saturated heterocycles. The van der Waals surface area contributed by atoms with Gasteiger partial charge in [0, 0.05) is 24.5 Å². The third kappa shape index (κ3) is 7.48. The van der Waals surface area contributed by atoms with E-state index < -0.39 is 30.1 Å². The highest BCUT2D eigenvalue weighted by atomic mass is 16.6. The molecule has 9 nitrogen and oxygen atoms in total. The van der Waals surface area contributed by atoms with Crippen molar-refractivity contribution in [2.45, 2.75) is 71.7 Å². The second-order valence-electron chi connectivity index (χ2n) is 11.4. The molecule has 1 aliphatic rings. The number of amides is 3. The number of para-hydroxylation sites is 1. The van der Waals surface area contributed by atoms with Crippen molar-refractivity contribution in [2.24, 2.45) is 5.41 Å². The molecule has 9 heteroatoms. The fraction of sp³-hybridized carbons (Fsp3) is 0.406. The highest BCUT2D eigenvalue weighted by Gasteiger charge is 2.43. The zero-order valence-corrected chi connectivity index (χ0v) is 24.1. The summed E-state index contributed by atoms with van der Waals surface area (Å²) in [7, 11) is 0. The van der Waals surface area contributed by atoms with Crippen molar-refractivity contribution in [1.29, 1.82) is 0 Å². The second-order valence-corrected chi connectivity index (χ2v) is 11.4. The molecule has 41 heavy (non-hydrogen) atoms. The van der Waals surface area contributed by atoms with Gasteiger partial charge in [0.15, 0.2) is 6.23 Å². The molecule has 0 saturated carbocycles. The van der Waals surface area contributed by atoms with Gasteiger partial charge in [-0.1, -0.05) is 82.1 Å². The van der Waals surface area contributed by atoms with E-state index in [1.54, 1.807) is 13.0 Å². The Morgan fingerprint density at radius 2 is 1.76 bits per heavy atom. The molecule has 1 aromatic heterocycles. The number of alkyl carbamates (subject to hydrolysis) is 1. The van der Waals surface area contributed by atoms with E-state index in [4.69, 9.17) is 4.74 Å². The minimum Gasteiger partial charge on any atom is -0.425 e. The molecule has 2 unspecified atom stereocenters. The highest BCUT2D eigenvalue weighted by molar-refractivity contribution is 6.38. The molecular formula is C32H38N4O5. The van der Waals surface area contributed by atoms with Gasteiger partial charge in [0.2, 0.25) is 5.78 Å². The number of pyridine rings is 1. The first-order valence-corrected chi connectivity index (χ1v) is 14.1. The van der Waals surface area contributed by atoms with Crippen molar-refractivity contribution in [2.75, 3.05) is 6.54 Å². The molecule has 2 aromatic carbocycles. The lowest BCUT2D eigenvalue weighted by molar-refractivity contribution is -0.139. The van der Waals surface area contributed by atoms with Gasteiger partial charge < -0.3 is 20.3 Å². The first-order valence-electron chi connectivity index (χ1n) is 14.1. The predicted octanol–water partition coefficient (Wildman–Crippen LogP) is 5.16. The summed E-state index contributed by atoms with van der Waals surface area (Å²) in [5.74, 6) is -1.80. The van der Waals surface area contributed by atoms with Crippen molar-refractivity contribution in [1.82, 2.24) is 20.5 Å². The molecule has 3 aromatic rings. The molecule has 2 N–H and O–H groups in total. The van der Waals surface area contributed by atoms with Gasteiger partial charge in [0.1, 0.15) is 6.04 Å². The molecule has 1 aliphatic heterocycles. The third-order valence-electron chi connectivity index (χ3n) is 7.34. The third-order valence-corrected chi connectivity index (χ3v) is 7.34. The molecule has 0 spiro atoms. The van der Waals surface area contributed by atoms with Crippen LogP contribution in [-0.4, -0.2) is 52.4 Å². The maximum Gasteiger partial charge on any atom is 0.409 e. The summed E-state index contributed by atoms with van der Waals surface area (Å²) in [6.45, 7) is 8.14. The molecule has 0 radical (unpaired) electrons. The summed E-state index contributed by atoms with van der Waals surface area (Å²) < 4.78 is 5.73. The zero-order valence-electron chi connectivity index (χ0n) is 24.1. The number of likely N-dealkylation sites (tertiary alicyclic amines) is 1. The first-order chi connectivity index (χ1) is 19.6. The second kappa shape index (κ2) is 12.9. The number of unbranched alkanes of at least 4 members (excludes halogenated alkanes) is 1. The van der Waals surface area contributed by atoms with Crippen LogP contribution in [0.1, 0.15) is 75.3 Å². The van der Waals surface area contributed by atoms with Crippen molar-refractivity contribution in [3.05, 3.63) is 78.0 Å². The number of aromatic nitrogens is 1. The molecule has 0 aliphatic carbocycles. The average molecular weight is 559 g/mol. The van der Waals surface area contributed by atoms with Crippen LogP contribution in [0.5, 0.6) is 0 Å². The lowest BCUT2D eigenvalue weighted by atomic mass is 9.93. The summed E-state index contributed by atoms with van der Waals surface area (Å²) in [6, 6.07) is 17.2. The van der Waals surface area contributed by atoms with Crippen molar-refractivity contribution in [3.8, 4) is 0 Å². The Bertz CT molecular complexity index is 1410. The van der Waals surface area contributed by atoms with Crippen LogP contribution in [0.3, 0.4) is 0 Å². The van der Waals surface area contributed by atoms with Crippen LogP contribution in [0.4, 0.5) is 4.79 Å². The number of nitrogens with zero attached hydrogens (tertiary/aromatic N) is 2. The summed E-state index contributed by atoms with van der Waals surface area (Å²) in [6.07, 6.45) is 1.98. The summed E-state index contributed by atoms with van der Waals surface area (Å²) >= 11 is 0. The van der Waals surface area contributed by atoms with Crippen molar-refractivity contribution in [3.63, 3.8) is 0 Å². The molecule has 1 fully saturated rings. The van der Waals surface area contributed by atoms with E-state index in [1.807, 2.05) is 75.4 Å². The molecule has 3 amide bonds. The number of nitrogens with one attached hydrogen (secondary N) is 2. The molecule has 0 bridgehead atoms. The predicted molar refractivity (Wildman–Crippen MR) is 156 cm³/mol.